The molecule has 0 aliphatic rings. The molecular formula is C31H42N6O8S. The molecule has 15 heteroatoms. The van der Waals surface area contributed by atoms with Crippen LogP contribution in [0.25, 0.3) is 0 Å². The maximum Gasteiger partial charge on any atom is 0.290 e. The summed E-state index contributed by atoms with van der Waals surface area (Å²) in [7, 11) is -1.60. The van der Waals surface area contributed by atoms with Crippen molar-refractivity contribution in [2.75, 3.05) is 20.6 Å². The second-order valence-electron chi connectivity index (χ2n) is 12.5. The Labute approximate surface area is 269 Å². The number of hydrogen-bond acceptors (Lipinski definition) is 9. The molecule has 0 saturated heterocycles. The zero-order valence-electron chi connectivity index (χ0n) is 27.2. The van der Waals surface area contributed by atoms with Gasteiger partial charge in [0.1, 0.15) is 6.04 Å². The van der Waals surface area contributed by atoms with Crippen LogP contribution in [0.2, 0.25) is 0 Å². The molecule has 2 aromatic carbocycles. The fourth-order valence-electron chi connectivity index (χ4n) is 4.70. The predicted molar refractivity (Wildman–Crippen MR) is 172 cm³/mol. The van der Waals surface area contributed by atoms with E-state index in [1.165, 1.54) is 24.9 Å². The van der Waals surface area contributed by atoms with Crippen molar-refractivity contribution in [3.8, 4) is 0 Å². The number of nitrogens with zero attached hydrogens (tertiary/aromatic N) is 2. The molecule has 0 spiro atoms. The van der Waals surface area contributed by atoms with Crippen LogP contribution in [0.4, 0.5) is 5.69 Å². The highest BCUT2D eigenvalue weighted by Crippen LogP contribution is 2.29. The molecule has 0 aliphatic heterocycles. The second-order valence-corrected chi connectivity index (χ2v) is 14.1. The Hall–Kier alpha value is -4.63. The molecule has 0 bridgehead atoms. The fourth-order valence-corrected chi connectivity index (χ4v) is 5.87. The van der Waals surface area contributed by atoms with E-state index in [0.29, 0.717) is 6.07 Å². The summed E-state index contributed by atoms with van der Waals surface area (Å²) < 4.78 is 27.5. The Morgan fingerprint density at radius 2 is 1.61 bits per heavy atom. The van der Waals surface area contributed by atoms with Gasteiger partial charge in [-0.3, -0.25) is 29.3 Å². The normalized spacial score (nSPS) is 13.7. The van der Waals surface area contributed by atoms with Crippen LogP contribution in [0.1, 0.15) is 57.5 Å². The fraction of sp³-hybridized carbons (Fsp3) is 0.419. The largest absolute Gasteiger partial charge is 0.366 e. The number of nitro benzene ring substituents is 1. The summed E-state index contributed by atoms with van der Waals surface area (Å²) in [5.74, 6) is -2.92. The van der Waals surface area contributed by atoms with Gasteiger partial charge >= 0.3 is 0 Å². The highest BCUT2D eigenvalue weighted by Gasteiger charge is 2.40. The summed E-state index contributed by atoms with van der Waals surface area (Å²) in [4.78, 5) is 62.2. The van der Waals surface area contributed by atoms with E-state index in [0.717, 1.165) is 17.7 Å². The van der Waals surface area contributed by atoms with E-state index in [-0.39, 0.29) is 23.6 Å². The van der Waals surface area contributed by atoms with E-state index in [1.807, 2.05) is 44.2 Å². The highest BCUT2D eigenvalue weighted by atomic mass is 32.2. The number of rotatable bonds is 13. The van der Waals surface area contributed by atoms with Crippen molar-refractivity contribution >= 4 is 39.3 Å². The molecule has 0 fully saturated rings. The molecule has 4 amide bonds. The van der Waals surface area contributed by atoms with Crippen LogP contribution in [0.3, 0.4) is 0 Å². The molecule has 0 aliphatic carbocycles. The van der Waals surface area contributed by atoms with Crippen LogP contribution >= 0.6 is 0 Å². The Morgan fingerprint density at radius 1 is 1.02 bits per heavy atom. The van der Waals surface area contributed by atoms with E-state index in [9.17, 15) is 37.7 Å². The number of nitrogens with one attached hydrogen (secondary N) is 3. The number of hydrogen-bond donors (Lipinski definition) is 4. The van der Waals surface area contributed by atoms with E-state index >= 15 is 0 Å². The number of carbonyl (C=O) groups excluding carboxylic acids is 4. The third-order valence-electron chi connectivity index (χ3n) is 7.55. The number of sulfonamides is 1. The van der Waals surface area contributed by atoms with E-state index in [4.69, 9.17) is 5.73 Å². The molecule has 0 radical (unpaired) electrons. The number of carbonyl (C=O) groups is 4. The number of amides is 4. The van der Waals surface area contributed by atoms with Crippen LogP contribution in [0.15, 0.2) is 65.1 Å². The molecule has 0 aromatic heterocycles. The lowest BCUT2D eigenvalue weighted by Gasteiger charge is -2.38. The SMILES string of the molecule is CN[C@H](C(=O)NC(C(=O)N(C)C/C=C(\C)C(=O)NS(=O)(=O)c1ccc(C(N)=O)cc1[N+](=O)[O-])C(C)(C)C)C(C)(C)c1ccccc1. The van der Waals surface area contributed by atoms with Gasteiger partial charge in [-0.1, -0.05) is 71.0 Å². The van der Waals surface area contributed by atoms with Crippen molar-refractivity contribution in [3.63, 3.8) is 0 Å². The highest BCUT2D eigenvalue weighted by molar-refractivity contribution is 7.90. The maximum atomic E-state index is 13.6. The van der Waals surface area contributed by atoms with E-state index < -0.39 is 66.2 Å². The second kappa shape index (κ2) is 14.6. The molecule has 46 heavy (non-hydrogen) atoms. The molecule has 0 saturated carbocycles. The number of benzene rings is 2. The van der Waals surface area contributed by atoms with Gasteiger partial charge in [-0.15, -0.1) is 0 Å². The lowest BCUT2D eigenvalue weighted by molar-refractivity contribution is -0.387. The zero-order valence-corrected chi connectivity index (χ0v) is 28.0. The minimum atomic E-state index is -4.73. The van der Waals surface area contributed by atoms with Gasteiger partial charge in [-0.05, 0) is 37.1 Å². The molecule has 2 atom stereocenters. The van der Waals surface area contributed by atoms with Crippen molar-refractivity contribution in [1.29, 1.82) is 0 Å². The monoisotopic (exact) mass is 658 g/mol. The van der Waals surface area contributed by atoms with Crippen LogP contribution < -0.4 is 21.1 Å². The minimum Gasteiger partial charge on any atom is -0.366 e. The Morgan fingerprint density at radius 3 is 2.11 bits per heavy atom. The summed E-state index contributed by atoms with van der Waals surface area (Å²) in [6.45, 7) is 10.4. The van der Waals surface area contributed by atoms with Crippen LogP contribution in [-0.4, -0.2) is 74.6 Å². The molecular weight excluding hydrogens is 616 g/mol. The van der Waals surface area contributed by atoms with Gasteiger partial charge in [0, 0.05) is 36.2 Å². The Bertz CT molecular complexity index is 1630. The summed E-state index contributed by atoms with van der Waals surface area (Å²) >= 11 is 0. The molecule has 2 rings (SSSR count). The zero-order chi connectivity index (χ0) is 35.2. The summed E-state index contributed by atoms with van der Waals surface area (Å²) in [5.41, 5.74) is 3.39. The third-order valence-corrected chi connectivity index (χ3v) is 8.93. The first-order valence-corrected chi connectivity index (χ1v) is 15.7. The van der Waals surface area contributed by atoms with Gasteiger partial charge in [-0.25, -0.2) is 13.1 Å². The van der Waals surface area contributed by atoms with Gasteiger partial charge in [0.15, 0.2) is 4.90 Å². The lowest BCUT2D eigenvalue weighted by Crippen LogP contribution is -2.60. The standard InChI is InChI=1S/C31H42N6O8S/c1-19(27(39)35-46(44,45)23-15-14-20(26(32)38)18-22(23)37(42)43)16-17-36(8)29(41)25(30(2,3)4)34-28(40)24(33-7)31(5,6)21-12-10-9-11-13-21/h9-16,18,24-25,33H,17H2,1-8H3,(H2,32,38)(H,34,40)(H,35,39)/b19-16+/t24-,25?/m1/s1. The van der Waals surface area contributed by atoms with Gasteiger partial charge in [0.05, 0.1) is 11.0 Å². The number of nitrogens with two attached hydrogens (primary N) is 1. The Balaban J connectivity index is 2.22. The first-order chi connectivity index (χ1) is 21.1. The molecule has 14 nitrogen and oxygen atoms in total. The quantitative estimate of drug-likeness (QED) is 0.141. The van der Waals surface area contributed by atoms with Crippen LogP contribution in [0.5, 0.6) is 0 Å². The van der Waals surface area contributed by atoms with Gasteiger partial charge in [0.2, 0.25) is 17.7 Å². The van der Waals surface area contributed by atoms with Crippen molar-refractivity contribution in [3.05, 3.63) is 81.4 Å². The molecule has 2 aromatic rings. The summed E-state index contributed by atoms with van der Waals surface area (Å²) in [6, 6.07) is 10.4. The van der Waals surface area contributed by atoms with Crippen molar-refractivity contribution < 1.29 is 32.5 Å². The number of likely N-dealkylation sites (N-methyl/N-ethyl adjacent to an activating group) is 2. The van der Waals surface area contributed by atoms with Crippen molar-refractivity contribution in [1.82, 2.24) is 20.3 Å². The van der Waals surface area contributed by atoms with Crippen LogP contribution in [0, 0.1) is 15.5 Å². The third kappa shape index (κ3) is 8.97. The molecule has 5 N–H and O–H groups in total. The smallest absolute Gasteiger partial charge is 0.290 e. The van der Waals surface area contributed by atoms with E-state index in [1.54, 1.807) is 32.5 Å². The van der Waals surface area contributed by atoms with Crippen molar-refractivity contribution in [2.45, 2.75) is 63.9 Å². The molecule has 0 heterocycles. The van der Waals surface area contributed by atoms with E-state index in [2.05, 4.69) is 10.6 Å². The number of nitro groups is 1. The molecule has 1 unspecified atom stereocenters. The van der Waals surface area contributed by atoms with Crippen LogP contribution in [-0.2, 0) is 29.8 Å². The average molecular weight is 659 g/mol. The van der Waals surface area contributed by atoms with Gasteiger partial charge in [0.25, 0.3) is 21.6 Å². The summed E-state index contributed by atoms with van der Waals surface area (Å²) in [6.07, 6.45) is 1.31. The molecule has 250 valence electrons. The summed E-state index contributed by atoms with van der Waals surface area (Å²) in [5, 5.41) is 17.4. The minimum absolute atomic E-state index is 0.101. The lowest BCUT2D eigenvalue weighted by atomic mass is 9.76. The first kappa shape index (κ1) is 37.6. The van der Waals surface area contributed by atoms with Gasteiger partial charge in [-0.2, -0.15) is 0 Å². The maximum absolute atomic E-state index is 13.6. The van der Waals surface area contributed by atoms with Crippen molar-refractivity contribution in [2.24, 2.45) is 11.1 Å². The topological polar surface area (TPSA) is 211 Å². The predicted octanol–water partition coefficient (Wildman–Crippen LogP) is 2.00. The first-order valence-electron chi connectivity index (χ1n) is 14.3. The van der Waals surface area contributed by atoms with Gasteiger partial charge < -0.3 is 21.3 Å². The Kier molecular flexibility index (Phi) is 12.0. The average Bonchev–Trinajstić information content (AvgIpc) is 2.97. The number of primary amides is 1.